The molecule has 0 saturated carbocycles. The summed E-state index contributed by atoms with van der Waals surface area (Å²) in [7, 11) is 0. The predicted molar refractivity (Wildman–Crippen MR) is 41.2 cm³/mol. The number of hydrogen-bond donors (Lipinski definition) is 0. The van der Waals surface area contributed by atoms with Crippen LogP contribution in [0.25, 0.3) is 20.9 Å². The molecule has 0 aromatic rings. The Labute approximate surface area is 63.1 Å². The largest absolute Gasteiger partial charge is 0.0890 e. The quantitative estimate of drug-likeness (QED) is 0.255. The molecule has 0 spiro atoms. The molecule has 0 amide bonds. The molecule has 0 N–H and O–H groups in total. The zero-order valence-corrected chi connectivity index (χ0v) is 5.97. The molecule has 0 aliphatic rings. The first-order valence-corrected chi connectivity index (χ1v) is 2.72. The molecule has 0 aromatic heterocycles. The SMILES string of the molecule is C=C(N=[N+]=[N-])C(=CC)N=[N+]=[N-]. The van der Waals surface area contributed by atoms with Gasteiger partial charge in [-0.1, -0.05) is 22.9 Å². The van der Waals surface area contributed by atoms with Crippen LogP contribution in [0.5, 0.6) is 0 Å². The van der Waals surface area contributed by atoms with Gasteiger partial charge < -0.3 is 0 Å². The Hall–Kier alpha value is -1.90. The molecule has 6 heteroatoms. The Morgan fingerprint density at radius 3 is 2.27 bits per heavy atom. The highest BCUT2D eigenvalue weighted by atomic mass is 15.2. The molecule has 0 atom stereocenters. The van der Waals surface area contributed by atoms with E-state index in [0.29, 0.717) is 0 Å². The number of rotatable bonds is 3. The molecule has 0 radical (unpaired) electrons. The summed E-state index contributed by atoms with van der Waals surface area (Å²) in [6.45, 7) is 5.04. The summed E-state index contributed by atoms with van der Waals surface area (Å²) in [5.74, 6) is 0. The number of allylic oxidation sites excluding steroid dienone is 1. The fourth-order valence-electron chi connectivity index (χ4n) is 0.435. The summed E-state index contributed by atoms with van der Waals surface area (Å²) in [6, 6.07) is 0. The minimum absolute atomic E-state index is 0.118. The van der Waals surface area contributed by atoms with Gasteiger partial charge in [0.05, 0.1) is 0 Å². The number of nitrogens with zero attached hydrogens (tertiary/aromatic N) is 6. The molecule has 0 rings (SSSR count). The summed E-state index contributed by atoms with van der Waals surface area (Å²) in [4.78, 5) is 5.01. The van der Waals surface area contributed by atoms with Crippen molar-refractivity contribution in [2.24, 2.45) is 10.2 Å². The predicted octanol–water partition coefficient (Wildman–Crippen LogP) is 3.02. The lowest BCUT2D eigenvalue weighted by atomic mass is 10.3. The Kier molecular flexibility index (Phi) is 4.08. The molecule has 56 valence electrons. The van der Waals surface area contributed by atoms with Gasteiger partial charge in [-0.2, -0.15) is 0 Å². The standard InChI is InChI=1S/C5H6N6/c1-3-5(9-11-7)4(2)8-10-6/h3H,2H2,1H3. The van der Waals surface area contributed by atoms with E-state index in [0.717, 1.165) is 0 Å². The van der Waals surface area contributed by atoms with E-state index in [9.17, 15) is 0 Å². The van der Waals surface area contributed by atoms with Crippen molar-refractivity contribution in [1.29, 1.82) is 0 Å². The molecule has 0 bridgehead atoms. The highest BCUT2D eigenvalue weighted by molar-refractivity contribution is 5.24. The van der Waals surface area contributed by atoms with Crippen molar-refractivity contribution in [3.05, 3.63) is 44.9 Å². The Bertz CT molecular complexity index is 275. The van der Waals surface area contributed by atoms with E-state index in [1.165, 1.54) is 6.08 Å². The highest BCUT2D eigenvalue weighted by Gasteiger charge is 1.93. The van der Waals surface area contributed by atoms with Gasteiger partial charge in [0, 0.05) is 21.2 Å². The van der Waals surface area contributed by atoms with Crippen LogP contribution in [0.15, 0.2) is 34.3 Å². The molecule has 0 saturated heterocycles. The van der Waals surface area contributed by atoms with E-state index >= 15 is 0 Å². The van der Waals surface area contributed by atoms with E-state index < -0.39 is 0 Å². The molecular weight excluding hydrogens is 144 g/mol. The first-order chi connectivity index (χ1) is 5.26. The molecule has 0 aromatic carbocycles. The van der Waals surface area contributed by atoms with Crippen molar-refractivity contribution >= 4 is 0 Å². The fraction of sp³-hybridized carbons (Fsp3) is 0.200. The number of azide groups is 2. The lowest BCUT2D eigenvalue weighted by molar-refractivity contribution is 1.20. The Balaban J connectivity index is 4.67. The molecule has 0 unspecified atom stereocenters. The molecule has 11 heavy (non-hydrogen) atoms. The van der Waals surface area contributed by atoms with Crippen LogP contribution in [0.2, 0.25) is 0 Å². The fourth-order valence-corrected chi connectivity index (χ4v) is 0.435. The first kappa shape index (κ1) is 9.10. The summed E-state index contributed by atoms with van der Waals surface area (Å²) in [5, 5.41) is 6.41. The van der Waals surface area contributed by atoms with E-state index in [4.69, 9.17) is 11.1 Å². The van der Waals surface area contributed by atoms with Crippen molar-refractivity contribution in [2.75, 3.05) is 0 Å². The van der Waals surface area contributed by atoms with E-state index in [2.05, 4.69) is 26.6 Å². The van der Waals surface area contributed by atoms with Gasteiger partial charge in [-0.05, 0) is 18.0 Å². The molecule has 0 aliphatic heterocycles. The van der Waals surface area contributed by atoms with Crippen LogP contribution in [0, 0.1) is 0 Å². The van der Waals surface area contributed by atoms with Crippen LogP contribution in [0.1, 0.15) is 6.92 Å². The Morgan fingerprint density at radius 1 is 1.36 bits per heavy atom. The normalized spacial score (nSPS) is 9.36. The monoisotopic (exact) mass is 150 g/mol. The molecule has 6 nitrogen and oxygen atoms in total. The zero-order chi connectivity index (χ0) is 8.69. The van der Waals surface area contributed by atoms with Gasteiger partial charge in [0.15, 0.2) is 0 Å². The second-order valence-corrected chi connectivity index (χ2v) is 1.50. The zero-order valence-electron chi connectivity index (χ0n) is 5.97. The first-order valence-electron chi connectivity index (χ1n) is 2.72. The van der Waals surface area contributed by atoms with Crippen molar-refractivity contribution in [3.63, 3.8) is 0 Å². The molecule has 0 fully saturated rings. The highest BCUT2D eigenvalue weighted by Crippen LogP contribution is 2.10. The van der Waals surface area contributed by atoms with Crippen molar-refractivity contribution in [3.8, 4) is 0 Å². The average Bonchev–Trinajstić information content (AvgIpc) is 2.00. The summed E-state index contributed by atoms with van der Waals surface area (Å²) < 4.78 is 0. The van der Waals surface area contributed by atoms with Crippen molar-refractivity contribution in [1.82, 2.24) is 0 Å². The maximum absolute atomic E-state index is 8.03. The van der Waals surface area contributed by atoms with Gasteiger partial charge in [0.2, 0.25) is 0 Å². The third-order valence-electron chi connectivity index (χ3n) is 0.887. The van der Waals surface area contributed by atoms with E-state index in [1.54, 1.807) is 6.92 Å². The van der Waals surface area contributed by atoms with Crippen LogP contribution < -0.4 is 0 Å². The van der Waals surface area contributed by atoms with Crippen LogP contribution in [0.4, 0.5) is 0 Å². The molecular formula is C5H6N6. The molecule has 0 heterocycles. The van der Waals surface area contributed by atoms with Gasteiger partial charge in [0.25, 0.3) is 0 Å². The van der Waals surface area contributed by atoms with Crippen LogP contribution >= 0.6 is 0 Å². The summed E-state index contributed by atoms with van der Waals surface area (Å²) >= 11 is 0. The van der Waals surface area contributed by atoms with Gasteiger partial charge in [-0.25, -0.2) is 0 Å². The van der Waals surface area contributed by atoms with Crippen molar-refractivity contribution < 1.29 is 0 Å². The van der Waals surface area contributed by atoms with E-state index in [1.807, 2.05) is 0 Å². The van der Waals surface area contributed by atoms with Gasteiger partial charge in [-0.3, -0.25) is 0 Å². The van der Waals surface area contributed by atoms with Gasteiger partial charge in [-0.15, -0.1) is 0 Å². The van der Waals surface area contributed by atoms with Crippen molar-refractivity contribution in [2.45, 2.75) is 6.92 Å². The molecule has 0 aliphatic carbocycles. The van der Waals surface area contributed by atoms with E-state index in [-0.39, 0.29) is 11.4 Å². The second-order valence-electron chi connectivity index (χ2n) is 1.50. The number of hydrogen-bond acceptors (Lipinski definition) is 2. The van der Waals surface area contributed by atoms with Crippen LogP contribution in [0.3, 0.4) is 0 Å². The topological polar surface area (TPSA) is 97.5 Å². The minimum Gasteiger partial charge on any atom is -0.0890 e. The van der Waals surface area contributed by atoms with Gasteiger partial charge in [0.1, 0.15) is 0 Å². The maximum Gasteiger partial charge on any atom is 0.0422 e. The van der Waals surface area contributed by atoms with Gasteiger partial charge >= 0.3 is 0 Å². The lowest BCUT2D eigenvalue weighted by Crippen LogP contribution is -1.76. The third kappa shape index (κ3) is 2.95. The average molecular weight is 150 g/mol. The van der Waals surface area contributed by atoms with Crippen LogP contribution in [-0.4, -0.2) is 0 Å². The minimum atomic E-state index is 0.118. The second kappa shape index (κ2) is 4.93. The maximum atomic E-state index is 8.03. The third-order valence-corrected chi connectivity index (χ3v) is 0.887. The summed E-state index contributed by atoms with van der Waals surface area (Å²) in [5.41, 5.74) is 16.4. The summed E-state index contributed by atoms with van der Waals surface area (Å²) in [6.07, 6.45) is 1.51. The lowest BCUT2D eigenvalue weighted by Gasteiger charge is -1.92. The smallest absolute Gasteiger partial charge is 0.0422 e. The Morgan fingerprint density at radius 2 is 1.91 bits per heavy atom. The van der Waals surface area contributed by atoms with Crippen LogP contribution in [-0.2, 0) is 0 Å².